The highest BCUT2D eigenvalue weighted by Crippen LogP contribution is 2.60. The molecule has 1 aromatic rings. The number of nitrogens with zero attached hydrogens (tertiary/aromatic N) is 3. The zero-order valence-corrected chi connectivity index (χ0v) is 25.8. The molecule has 6 saturated heterocycles. The summed E-state index contributed by atoms with van der Waals surface area (Å²) in [6, 6.07) is 6.06. The van der Waals surface area contributed by atoms with Crippen molar-refractivity contribution in [2.24, 2.45) is 17.8 Å². The molecule has 3 bridgehead atoms. The number of likely N-dealkylation sites (tertiary alicyclic amines) is 1. The third-order valence-corrected chi connectivity index (χ3v) is 12.3. The normalized spacial score (nSPS) is 34.4. The van der Waals surface area contributed by atoms with E-state index >= 15 is 0 Å². The summed E-state index contributed by atoms with van der Waals surface area (Å²) in [6.07, 6.45) is 16.1. The molecule has 2 aliphatic carbocycles. The van der Waals surface area contributed by atoms with E-state index in [-0.39, 0.29) is 23.4 Å². The molecule has 0 N–H and O–H groups in total. The van der Waals surface area contributed by atoms with Gasteiger partial charge in [-0.05, 0) is 63.0 Å². The van der Waals surface area contributed by atoms with E-state index in [1.165, 1.54) is 19.3 Å². The van der Waals surface area contributed by atoms with Crippen molar-refractivity contribution in [3.63, 3.8) is 0 Å². The smallest absolute Gasteiger partial charge is 0.378 e. The number of ether oxygens (including phenoxy) is 1. The Bertz CT molecular complexity index is 1150. The first-order valence-corrected chi connectivity index (χ1v) is 16.8. The van der Waals surface area contributed by atoms with Gasteiger partial charge < -0.3 is 19.9 Å². The molecule has 0 aromatic heterocycles. The largest absolute Gasteiger partial charge is 0.505 e. The number of hydrogen-bond acceptors (Lipinski definition) is 3. The molecule has 2 atom stereocenters. The molecule has 224 valence electrons. The van der Waals surface area contributed by atoms with E-state index in [1.807, 2.05) is 36.9 Å². The van der Waals surface area contributed by atoms with E-state index in [0.29, 0.717) is 24.9 Å². The summed E-state index contributed by atoms with van der Waals surface area (Å²) in [5.74, 6) is 1.04. The highest BCUT2D eigenvalue weighted by atomic mass is 16.6. The second-order valence-electron chi connectivity index (χ2n) is 14.5. The van der Waals surface area contributed by atoms with Gasteiger partial charge in [-0.1, -0.05) is 70.1 Å². The molecule has 1 unspecified atom stereocenters. The molecule has 1 spiro atoms. The number of benzene rings is 1. The molecule has 2 saturated carbocycles. The standard InChI is InChI=1S/C35H51N3O3/c1-4-5-14-29-24-34(23-27-12-7-6-8-13-27)32(40)41-35(29)19-17-33(18-20-35,38(34)36)28-15-21-37(22-16-28)31(39)30-25(2)10-9-11-26(30)3/h9-11,27-29H,4-8,12-24H2,1-3H3/t29?,33?,34-,35?/m0/s1. The maximum atomic E-state index is 14.1. The average Bonchev–Trinajstić information content (AvgIpc) is 2.98. The van der Waals surface area contributed by atoms with Crippen LogP contribution in [0.1, 0.15) is 131 Å². The van der Waals surface area contributed by atoms with Crippen molar-refractivity contribution in [2.75, 3.05) is 13.1 Å². The summed E-state index contributed by atoms with van der Waals surface area (Å²) in [5, 5.41) is 0. The third-order valence-electron chi connectivity index (χ3n) is 12.3. The minimum atomic E-state index is -0.935. The SMILES string of the molecule is CCCCC1C[C@@]2(CC3CCCCC3)C(=O)OC13CCC(C1CCN(C(=O)c4c(C)cccc4C)CC1)(CC3)[N+]2=[N-]. The first-order valence-electron chi connectivity index (χ1n) is 16.8. The van der Waals surface area contributed by atoms with Gasteiger partial charge in [0.25, 0.3) is 5.91 Å². The Labute approximate surface area is 247 Å². The van der Waals surface area contributed by atoms with Crippen LogP contribution in [0.4, 0.5) is 0 Å². The van der Waals surface area contributed by atoms with Gasteiger partial charge >= 0.3 is 5.97 Å². The second kappa shape index (κ2) is 11.1. The Morgan fingerprint density at radius 3 is 2.32 bits per heavy atom. The van der Waals surface area contributed by atoms with Gasteiger partial charge in [0.15, 0.2) is 5.54 Å². The lowest BCUT2D eigenvalue weighted by atomic mass is 9.55. The fourth-order valence-corrected chi connectivity index (χ4v) is 9.92. The second-order valence-corrected chi connectivity index (χ2v) is 14.5. The van der Waals surface area contributed by atoms with Crippen molar-refractivity contribution in [1.82, 2.24) is 4.90 Å². The maximum absolute atomic E-state index is 14.1. The predicted octanol–water partition coefficient (Wildman–Crippen LogP) is 7.72. The zero-order valence-electron chi connectivity index (χ0n) is 25.8. The van der Waals surface area contributed by atoms with Crippen LogP contribution in [0.5, 0.6) is 0 Å². The van der Waals surface area contributed by atoms with Crippen molar-refractivity contribution in [3.05, 3.63) is 40.4 Å². The van der Waals surface area contributed by atoms with Crippen molar-refractivity contribution in [3.8, 4) is 0 Å². The van der Waals surface area contributed by atoms with Crippen molar-refractivity contribution in [1.29, 1.82) is 0 Å². The summed E-state index contributed by atoms with van der Waals surface area (Å²) in [5.41, 5.74) is 13.8. The Balaban J connectivity index is 1.28. The molecule has 6 nitrogen and oxygen atoms in total. The monoisotopic (exact) mass is 561 g/mol. The number of rotatable bonds is 7. The summed E-state index contributed by atoms with van der Waals surface area (Å²) in [7, 11) is 0. The summed E-state index contributed by atoms with van der Waals surface area (Å²) in [4.78, 5) is 29.8. The fraction of sp³-hybridized carbons (Fsp3) is 0.771. The van der Waals surface area contributed by atoms with Crippen molar-refractivity contribution in [2.45, 2.75) is 140 Å². The molecule has 9 rings (SSSR count). The maximum Gasteiger partial charge on any atom is 0.378 e. The van der Waals surface area contributed by atoms with E-state index in [1.54, 1.807) is 4.70 Å². The van der Waals surface area contributed by atoms with E-state index in [4.69, 9.17) is 4.74 Å². The Hall–Kier alpha value is -2.24. The number of hydrogen-bond donors (Lipinski definition) is 0. The van der Waals surface area contributed by atoms with Crippen LogP contribution >= 0.6 is 0 Å². The molecule has 1 aromatic carbocycles. The zero-order chi connectivity index (χ0) is 28.8. The first-order chi connectivity index (χ1) is 19.7. The lowest BCUT2D eigenvalue weighted by Crippen LogP contribution is -2.73. The Morgan fingerprint density at radius 2 is 1.68 bits per heavy atom. The molecule has 1 amide bonds. The van der Waals surface area contributed by atoms with Gasteiger partial charge in [0.05, 0.1) is 0 Å². The number of piperidine rings is 1. The van der Waals surface area contributed by atoms with E-state index in [0.717, 1.165) is 100 Å². The molecule has 8 aliphatic rings. The quantitative estimate of drug-likeness (QED) is 0.253. The minimum absolute atomic E-state index is 0.132. The van der Waals surface area contributed by atoms with Crippen LogP contribution in [0.2, 0.25) is 0 Å². The lowest BCUT2D eigenvalue weighted by molar-refractivity contribution is -0.709. The van der Waals surface area contributed by atoms with Crippen LogP contribution < -0.4 is 0 Å². The van der Waals surface area contributed by atoms with E-state index in [2.05, 4.69) is 6.92 Å². The lowest BCUT2D eigenvalue weighted by Gasteiger charge is -2.61. The predicted molar refractivity (Wildman–Crippen MR) is 160 cm³/mol. The molecule has 6 aliphatic heterocycles. The summed E-state index contributed by atoms with van der Waals surface area (Å²) < 4.78 is 8.19. The highest BCUT2D eigenvalue weighted by Gasteiger charge is 2.70. The van der Waals surface area contributed by atoms with Crippen LogP contribution in [0.25, 0.3) is 5.53 Å². The van der Waals surface area contributed by atoms with Gasteiger partial charge in [-0.15, -0.1) is 0 Å². The number of esters is 1. The molecule has 41 heavy (non-hydrogen) atoms. The Morgan fingerprint density at radius 1 is 1.02 bits per heavy atom. The van der Waals surface area contributed by atoms with E-state index in [9.17, 15) is 15.1 Å². The molecule has 6 heterocycles. The van der Waals surface area contributed by atoms with Crippen LogP contribution in [-0.4, -0.2) is 51.2 Å². The minimum Gasteiger partial charge on any atom is -0.505 e. The van der Waals surface area contributed by atoms with Crippen molar-refractivity contribution >= 4 is 11.9 Å². The van der Waals surface area contributed by atoms with Gasteiger partial charge in [0.1, 0.15) is 5.60 Å². The number of amides is 1. The first kappa shape index (κ1) is 28.9. The van der Waals surface area contributed by atoms with E-state index < -0.39 is 11.1 Å². The molecular formula is C35H51N3O3. The van der Waals surface area contributed by atoms with Gasteiger partial charge in [0, 0.05) is 56.2 Å². The number of aryl methyl sites for hydroxylation is 2. The fourth-order valence-electron chi connectivity index (χ4n) is 9.92. The molecule has 0 radical (unpaired) electrons. The third kappa shape index (κ3) is 4.76. The van der Waals surface area contributed by atoms with Crippen molar-refractivity contribution < 1.29 is 19.0 Å². The van der Waals surface area contributed by atoms with Gasteiger partial charge in [-0.3, -0.25) is 4.79 Å². The van der Waals surface area contributed by atoms with Crippen LogP contribution in [-0.2, 0) is 9.53 Å². The van der Waals surface area contributed by atoms with Gasteiger partial charge in [0.2, 0.25) is 5.54 Å². The van der Waals surface area contributed by atoms with Crippen LogP contribution in [0, 0.1) is 31.6 Å². The van der Waals surface area contributed by atoms with Crippen LogP contribution in [0.3, 0.4) is 0 Å². The molecule has 8 fully saturated rings. The highest BCUT2D eigenvalue weighted by molar-refractivity contribution is 5.97. The Kier molecular flexibility index (Phi) is 7.82. The summed E-state index contributed by atoms with van der Waals surface area (Å²) >= 11 is 0. The summed E-state index contributed by atoms with van der Waals surface area (Å²) in [6.45, 7) is 7.70. The van der Waals surface area contributed by atoms with Crippen LogP contribution in [0.15, 0.2) is 18.2 Å². The van der Waals surface area contributed by atoms with Gasteiger partial charge in [-0.2, -0.15) is 0 Å². The van der Waals surface area contributed by atoms with Gasteiger partial charge in [-0.25, -0.2) is 4.79 Å². The molecular weight excluding hydrogens is 510 g/mol. The molecule has 6 heteroatoms. The topological polar surface area (TPSA) is 71.9 Å². The number of carbonyl (C=O) groups is 2. The number of unbranched alkanes of at least 4 members (excludes halogenated alkanes) is 1. The number of carbonyl (C=O) groups excluding carboxylic acids is 2. The average molecular weight is 562 g/mol.